The van der Waals surface area contributed by atoms with E-state index in [0.717, 1.165) is 25.1 Å². The summed E-state index contributed by atoms with van der Waals surface area (Å²) in [5, 5.41) is 12.9. The molecule has 2 amide bonds. The van der Waals surface area contributed by atoms with Gasteiger partial charge in [-0.25, -0.2) is 9.78 Å². The lowest BCUT2D eigenvalue weighted by atomic mass is 9.85. The molecule has 2 atom stereocenters. The number of aromatic amines is 1. The molecule has 2 heterocycles. The summed E-state index contributed by atoms with van der Waals surface area (Å²) in [4.78, 5) is 33.8. The number of rotatable bonds is 8. The normalized spacial score (nSPS) is 24.1. The third-order valence-corrected chi connectivity index (χ3v) is 10.2. The number of benzene rings is 2. The van der Waals surface area contributed by atoms with Crippen LogP contribution >= 0.6 is 23.2 Å². The number of hydrogen-bond acceptors (Lipinski definition) is 6. The number of nitrogens with zero attached hydrogens (tertiary/aromatic N) is 1. The molecule has 9 nitrogen and oxygen atoms in total. The van der Waals surface area contributed by atoms with E-state index >= 15 is 0 Å². The Hall–Kier alpha value is -3.22. The van der Waals surface area contributed by atoms with Crippen LogP contribution in [0.15, 0.2) is 24.3 Å². The number of halogens is 5. The van der Waals surface area contributed by atoms with Crippen molar-refractivity contribution in [3.8, 4) is 0 Å². The molecule has 3 aromatic rings. The summed E-state index contributed by atoms with van der Waals surface area (Å²) in [5.41, 5.74) is 3.04. The summed E-state index contributed by atoms with van der Waals surface area (Å²) in [6.45, 7) is 7.27. The number of alkyl halides is 3. The molecule has 254 valence electrons. The maximum atomic E-state index is 13.7. The van der Waals surface area contributed by atoms with Gasteiger partial charge < -0.3 is 31.0 Å². The zero-order chi connectivity index (χ0) is 33.7. The predicted octanol–water partition coefficient (Wildman–Crippen LogP) is 7.64. The number of amides is 2. The SMILES string of the molecule is CC(C)(C)OC(=O)NCc1ccc(Cl)c(Nc2nc3cc(C(=O)NC4CCC(C(F)(F)F)CC4)c(CC45CNCC4C5)cc3[nH]2)c1Cl. The summed E-state index contributed by atoms with van der Waals surface area (Å²) in [6.07, 6.45) is -2.40. The van der Waals surface area contributed by atoms with Crippen LogP contribution < -0.4 is 21.3 Å². The second-order valence-electron chi connectivity index (χ2n) is 14.1. The molecule has 2 aliphatic carbocycles. The first-order valence-electron chi connectivity index (χ1n) is 15.9. The molecule has 5 N–H and O–H groups in total. The Morgan fingerprint density at radius 3 is 2.47 bits per heavy atom. The first-order chi connectivity index (χ1) is 22.1. The monoisotopic (exact) mass is 694 g/mol. The highest BCUT2D eigenvalue weighted by Gasteiger charge is 2.56. The van der Waals surface area contributed by atoms with Crippen LogP contribution in [0.25, 0.3) is 11.0 Å². The molecule has 2 unspecified atom stereocenters. The molecule has 0 bridgehead atoms. The van der Waals surface area contributed by atoms with Crippen molar-refractivity contribution in [3.05, 3.63) is 51.0 Å². The smallest absolute Gasteiger partial charge is 0.407 e. The standard InChI is InChI=1S/C33H39Cl2F3N6O3/c1-31(2,3)47-30(46)40-14-17-4-9-23(34)27(26(17)35)44-29-42-24-10-18(12-32-13-20(32)15-39-16-32)22(11-25(24)43-29)28(45)41-21-7-5-19(6-8-21)33(36,37)38/h4,9-11,19-21,39H,5-8,12-16H2,1-3H3,(H,40,46)(H,41,45)(H2,42,43,44). The van der Waals surface area contributed by atoms with Crippen LogP contribution in [0.2, 0.25) is 10.0 Å². The zero-order valence-electron chi connectivity index (χ0n) is 26.5. The van der Waals surface area contributed by atoms with Crippen LogP contribution in [0.4, 0.5) is 29.6 Å². The molecule has 1 saturated heterocycles. The summed E-state index contributed by atoms with van der Waals surface area (Å²) in [5.74, 6) is -0.708. The van der Waals surface area contributed by atoms with Crippen LogP contribution in [-0.2, 0) is 17.7 Å². The Bertz CT molecular complexity index is 1680. The summed E-state index contributed by atoms with van der Waals surface area (Å²) < 4.78 is 44.9. The lowest BCUT2D eigenvalue weighted by Gasteiger charge is -2.30. The van der Waals surface area contributed by atoms with Crippen LogP contribution in [0.5, 0.6) is 0 Å². The van der Waals surface area contributed by atoms with Crippen molar-refractivity contribution in [3.63, 3.8) is 0 Å². The van der Waals surface area contributed by atoms with Gasteiger partial charge in [-0.15, -0.1) is 0 Å². The molecular weight excluding hydrogens is 656 g/mol. The number of aromatic nitrogens is 2. The number of carbonyl (C=O) groups excluding carboxylic acids is 2. The Labute approximate surface area is 281 Å². The number of ether oxygens (including phenoxy) is 1. The second kappa shape index (κ2) is 12.7. The third-order valence-electron chi connectivity index (χ3n) is 9.48. The number of carbonyl (C=O) groups is 2. The van der Waals surface area contributed by atoms with Crippen molar-refractivity contribution >= 4 is 57.9 Å². The third kappa shape index (κ3) is 7.60. The molecule has 14 heteroatoms. The average Bonchev–Trinajstić information content (AvgIpc) is 3.28. The Morgan fingerprint density at radius 2 is 1.83 bits per heavy atom. The zero-order valence-corrected chi connectivity index (χ0v) is 28.0. The van der Waals surface area contributed by atoms with Crippen LogP contribution in [0.1, 0.15) is 74.4 Å². The van der Waals surface area contributed by atoms with Gasteiger partial charge in [0.2, 0.25) is 5.95 Å². The van der Waals surface area contributed by atoms with Crippen molar-refractivity contribution in [1.82, 2.24) is 25.9 Å². The second-order valence-corrected chi connectivity index (χ2v) is 14.9. The maximum absolute atomic E-state index is 13.7. The van der Waals surface area contributed by atoms with Gasteiger partial charge in [0, 0.05) is 24.7 Å². The minimum absolute atomic E-state index is 0.00851. The molecular formula is C33H39Cl2F3N6O3. The molecule has 2 saturated carbocycles. The number of anilines is 2. The fraction of sp³-hybridized carbons (Fsp3) is 0.545. The largest absolute Gasteiger partial charge is 0.444 e. The molecule has 47 heavy (non-hydrogen) atoms. The number of piperidine rings is 1. The maximum Gasteiger partial charge on any atom is 0.407 e. The van der Waals surface area contributed by atoms with E-state index in [4.69, 9.17) is 27.9 Å². The van der Waals surface area contributed by atoms with Crippen LogP contribution in [0, 0.1) is 17.3 Å². The first-order valence-corrected chi connectivity index (χ1v) is 16.7. The fourth-order valence-corrected chi connectivity index (χ4v) is 7.42. The number of alkyl carbamates (subject to hydrolysis) is 1. The van der Waals surface area contributed by atoms with Gasteiger partial charge in [-0.2, -0.15) is 13.2 Å². The highest BCUT2D eigenvalue weighted by molar-refractivity contribution is 6.39. The number of fused-ring (bicyclic) bond motifs is 2. The van der Waals surface area contributed by atoms with Gasteiger partial charge in [-0.3, -0.25) is 4.79 Å². The molecule has 3 fully saturated rings. The molecule has 6 rings (SSSR count). The highest BCUT2D eigenvalue weighted by Crippen LogP contribution is 2.57. The number of hydrogen-bond donors (Lipinski definition) is 5. The fourth-order valence-electron chi connectivity index (χ4n) is 6.88. The highest BCUT2D eigenvalue weighted by atomic mass is 35.5. The van der Waals surface area contributed by atoms with Crippen molar-refractivity contribution in [2.75, 3.05) is 18.4 Å². The molecule has 0 spiro atoms. The number of nitrogens with one attached hydrogen (secondary N) is 5. The van der Waals surface area contributed by atoms with Crippen molar-refractivity contribution in [2.45, 2.75) is 83.7 Å². The van der Waals surface area contributed by atoms with E-state index in [2.05, 4.69) is 31.2 Å². The predicted molar refractivity (Wildman–Crippen MR) is 175 cm³/mol. The Morgan fingerprint density at radius 1 is 1.09 bits per heavy atom. The lowest BCUT2D eigenvalue weighted by molar-refractivity contribution is -0.182. The summed E-state index contributed by atoms with van der Waals surface area (Å²) in [7, 11) is 0. The molecule has 1 aromatic heterocycles. The molecule has 3 aliphatic rings. The van der Waals surface area contributed by atoms with E-state index in [1.807, 2.05) is 6.07 Å². The quantitative estimate of drug-likeness (QED) is 0.165. The van der Waals surface area contributed by atoms with Crippen molar-refractivity contribution in [2.24, 2.45) is 17.3 Å². The minimum Gasteiger partial charge on any atom is -0.444 e. The number of imidazole rings is 1. The van der Waals surface area contributed by atoms with Crippen molar-refractivity contribution in [1.29, 1.82) is 0 Å². The van der Waals surface area contributed by atoms with Crippen LogP contribution in [0.3, 0.4) is 0 Å². The van der Waals surface area contributed by atoms with E-state index in [1.165, 1.54) is 0 Å². The number of H-pyrrole nitrogens is 1. The van der Waals surface area contributed by atoms with Gasteiger partial charge >= 0.3 is 12.3 Å². The van der Waals surface area contributed by atoms with E-state index in [0.29, 0.717) is 56.2 Å². The Kier molecular flexibility index (Phi) is 9.08. The van der Waals surface area contributed by atoms with E-state index in [1.54, 1.807) is 39.0 Å². The van der Waals surface area contributed by atoms with Crippen LogP contribution in [-0.4, -0.2) is 52.9 Å². The summed E-state index contributed by atoms with van der Waals surface area (Å²) >= 11 is 13.2. The van der Waals surface area contributed by atoms with Crippen molar-refractivity contribution < 1.29 is 27.5 Å². The van der Waals surface area contributed by atoms with E-state index in [9.17, 15) is 22.8 Å². The van der Waals surface area contributed by atoms with Gasteiger partial charge in [-0.1, -0.05) is 29.3 Å². The topological polar surface area (TPSA) is 120 Å². The average molecular weight is 696 g/mol. The molecule has 1 aliphatic heterocycles. The van der Waals surface area contributed by atoms with E-state index in [-0.39, 0.29) is 49.6 Å². The Balaban J connectivity index is 1.23. The van der Waals surface area contributed by atoms with E-state index < -0.39 is 23.8 Å². The summed E-state index contributed by atoms with van der Waals surface area (Å²) in [6, 6.07) is 6.73. The van der Waals surface area contributed by atoms with Gasteiger partial charge in [0.15, 0.2) is 0 Å². The van der Waals surface area contributed by atoms with Gasteiger partial charge in [0.1, 0.15) is 5.60 Å². The van der Waals surface area contributed by atoms with Gasteiger partial charge in [0.25, 0.3) is 5.91 Å². The van der Waals surface area contributed by atoms with Gasteiger partial charge in [0.05, 0.1) is 32.7 Å². The lowest BCUT2D eigenvalue weighted by Crippen LogP contribution is -2.40. The molecule has 2 aromatic carbocycles. The minimum atomic E-state index is -4.21. The van der Waals surface area contributed by atoms with Gasteiger partial charge in [-0.05, 0) is 106 Å². The first kappa shape index (κ1) is 33.7. The molecule has 0 radical (unpaired) electrons.